The minimum atomic E-state index is -0.520. The second-order valence-electron chi connectivity index (χ2n) is 9.21. The highest BCUT2D eigenvalue weighted by atomic mass is 35.5. The third-order valence-corrected chi connectivity index (χ3v) is 6.79. The van der Waals surface area contributed by atoms with Crippen LogP contribution >= 0.6 is 11.6 Å². The van der Waals surface area contributed by atoms with E-state index in [2.05, 4.69) is 27.0 Å². The van der Waals surface area contributed by atoms with E-state index < -0.39 is 6.04 Å². The number of aliphatic imine (C=N–C) groups is 1. The zero-order valence-electron chi connectivity index (χ0n) is 21.7. The molecule has 0 aliphatic rings. The van der Waals surface area contributed by atoms with Crippen LogP contribution in [-0.2, 0) is 7.05 Å². The number of aryl methyl sites for hydroxylation is 1. The lowest BCUT2D eigenvalue weighted by atomic mass is 10.0. The largest absolute Gasteiger partial charge is 0.382 e. The summed E-state index contributed by atoms with van der Waals surface area (Å²) < 4.78 is 4.90. The molecule has 40 heavy (non-hydrogen) atoms. The molecule has 2 aromatic carbocycles. The minimum absolute atomic E-state index is 0.155. The van der Waals surface area contributed by atoms with Crippen molar-refractivity contribution in [2.24, 2.45) is 12.0 Å². The predicted molar refractivity (Wildman–Crippen MR) is 157 cm³/mol. The van der Waals surface area contributed by atoms with Gasteiger partial charge in [0.25, 0.3) is 5.56 Å². The highest BCUT2D eigenvalue weighted by molar-refractivity contribution is 6.70. The van der Waals surface area contributed by atoms with Crippen molar-refractivity contribution in [2.75, 3.05) is 5.73 Å². The van der Waals surface area contributed by atoms with E-state index in [9.17, 15) is 4.79 Å². The van der Waals surface area contributed by atoms with Gasteiger partial charge in [-0.1, -0.05) is 53.8 Å². The van der Waals surface area contributed by atoms with Gasteiger partial charge in [-0.3, -0.25) is 19.0 Å². The molecule has 0 fully saturated rings. The van der Waals surface area contributed by atoms with Gasteiger partial charge in [0.05, 0.1) is 28.9 Å². The van der Waals surface area contributed by atoms with Crippen LogP contribution in [0.2, 0.25) is 0 Å². The Balaban J connectivity index is 1.53. The molecule has 2 N–H and O–H groups in total. The van der Waals surface area contributed by atoms with Crippen molar-refractivity contribution < 1.29 is 0 Å². The fraction of sp³-hybridized carbons (Fsp3) is 0.100. The Bertz CT molecular complexity index is 2040. The molecule has 1 atom stereocenters. The van der Waals surface area contributed by atoms with E-state index in [1.807, 2.05) is 74.8 Å². The van der Waals surface area contributed by atoms with Gasteiger partial charge < -0.3 is 5.73 Å². The summed E-state index contributed by atoms with van der Waals surface area (Å²) in [5.74, 6) is 6.49. The van der Waals surface area contributed by atoms with Gasteiger partial charge >= 0.3 is 0 Å². The molecule has 0 radical (unpaired) electrons. The number of anilines is 1. The van der Waals surface area contributed by atoms with Crippen LogP contribution in [0.5, 0.6) is 0 Å². The number of nitrogens with zero attached hydrogens (tertiary/aromatic N) is 7. The molecule has 0 saturated heterocycles. The fourth-order valence-electron chi connectivity index (χ4n) is 4.66. The van der Waals surface area contributed by atoms with Crippen LogP contribution in [0.1, 0.15) is 35.3 Å². The van der Waals surface area contributed by atoms with E-state index in [0.29, 0.717) is 33.5 Å². The van der Waals surface area contributed by atoms with Crippen LogP contribution in [0, 0.1) is 11.8 Å². The maximum atomic E-state index is 14.2. The maximum absolute atomic E-state index is 14.2. The summed E-state index contributed by atoms with van der Waals surface area (Å²) in [6.45, 7) is 1.88. The van der Waals surface area contributed by atoms with Crippen molar-refractivity contribution in [1.82, 2.24) is 28.9 Å². The topological polar surface area (TPSA) is 108 Å². The molecular formula is C30H23ClN8O. The van der Waals surface area contributed by atoms with Crippen molar-refractivity contribution in [1.29, 1.82) is 0 Å². The summed E-state index contributed by atoms with van der Waals surface area (Å²) in [5.41, 5.74) is 9.65. The standard InChI is InChI=1S/C30H23ClN8O/c1-19(35-27(31)26-28(32)36-38-15-7-14-33-29(26)38)24-16-22-9-6-8-21(13-12-20-17-34-37(2)18-20)25(22)30(40)39(24)23-10-4-3-5-11-23/h3-11,14-19H,1-2H3,(H2,32,36)/t19-/m0/s1. The zero-order chi connectivity index (χ0) is 27.8. The molecule has 6 rings (SSSR count). The quantitative estimate of drug-likeness (QED) is 0.259. The maximum Gasteiger partial charge on any atom is 0.264 e. The van der Waals surface area contributed by atoms with E-state index in [1.165, 1.54) is 0 Å². The molecule has 196 valence electrons. The molecule has 0 aliphatic heterocycles. The van der Waals surface area contributed by atoms with E-state index in [1.54, 1.807) is 38.4 Å². The van der Waals surface area contributed by atoms with Gasteiger partial charge in [0.2, 0.25) is 0 Å². The molecule has 9 nitrogen and oxygen atoms in total. The lowest BCUT2D eigenvalue weighted by molar-refractivity contribution is 0.738. The normalized spacial score (nSPS) is 12.4. The summed E-state index contributed by atoms with van der Waals surface area (Å²) in [7, 11) is 1.83. The number of aromatic nitrogens is 6. The summed E-state index contributed by atoms with van der Waals surface area (Å²) in [6, 6.07) is 18.3. The smallest absolute Gasteiger partial charge is 0.264 e. The van der Waals surface area contributed by atoms with Crippen LogP contribution < -0.4 is 11.3 Å². The molecule has 0 unspecified atom stereocenters. The zero-order valence-corrected chi connectivity index (χ0v) is 22.4. The molecule has 0 amide bonds. The number of hydrogen-bond acceptors (Lipinski definition) is 6. The highest BCUT2D eigenvalue weighted by Crippen LogP contribution is 2.27. The molecule has 0 saturated carbocycles. The van der Waals surface area contributed by atoms with Crippen molar-refractivity contribution in [3.8, 4) is 17.5 Å². The number of halogens is 1. The molecular weight excluding hydrogens is 524 g/mol. The number of para-hydroxylation sites is 1. The minimum Gasteiger partial charge on any atom is -0.382 e. The van der Waals surface area contributed by atoms with E-state index >= 15 is 0 Å². The Morgan fingerprint density at radius 1 is 1.10 bits per heavy atom. The first kappa shape index (κ1) is 25.1. The van der Waals surface area contributed by atoms with Crippen molar-refractivity contribution in [3.63, 3.8) is 0 Å². The summed E-state index contributed by atoms with van der Waals surface area (Å²) in [5, 5.41) is 9.87. The Morgan fingerprint density at radius 3 is 2.70 bits per heavy atom. The van der Waals surface area contributed by atoms with Gasteiger partial charge in [0, 0.05) is 36.9 Å². The molecule has 4 heterocycles. The first-order valence-electron chi connectivity index (χ1n) is 12.5. The second kappa shape index (κ2) is 10.2. The fourth-order valence-corrected chi connectivity index (χ4v) is 4.99. The van der Waals surface area contributed by atoms with Gasteiger partial charge in [-0.2, -0.15) is 5.10 Å². The average molecular weight is 547 g/mol. The number of nitrogens with two attached hydrogens (primary N) is 1. The third-order valence-electron chi connectivity index (χ3n) is 6.50. The molecule has 4 aromatic heterocycles. The lowest BCUT2D eigenvalue weighted by Crippen LogP contribution is -2.24. The number of fused-ring (bicyclic) bond motifs is 2. The summed E-state index contributed by atoms with van der Waals surface area (Å²) >= 11 is 6.72. The van der Waals surface area contributed by atoms with Crippen molar-refractivity contribution in [3.05, 3.63) is 118 Å². The van der Waals surface area contributed by atoms with Crippen LogP contribution in [0.4, 0.5) is 5.82 Å². The van der Waals surface area contributed by atoms with Crippen LogP contribution in [0.25, 0.3) is 22.1 Å². The summed E-state index contributed by atoms with van der Waals surface area (Å²) in [6.07, 6.45) is 6.89. The van der Waals surface area contributed by atoms with Gasteiger partial charge in [-0.15, -0.1) is 5.10 Å². The molecule has 10 heteroatoms. The molecule has 0 bridgehead atoms. The third kappa shape index (κ3) is 4.51. The molecule has 6 aromatic rings. The lowest BCUT2D eigenvalue weighted by Gasteiger charge is -2.18. The first-order chi connectivity index (χ1) is 19.4. The SMILES string of the molecule is C[C@H](N=C(Cl)c1c(N)nn2cccnc12)c1cc2cccc(C#Cc3cnn(C)c3)c2c(=O)n1-c1ccccc1. The average Bonchev–Trinajstić information content (AvgIpc) is 3.53. The monoisotopic (exact) mass is 546 g/mol. The second-order valence-corrected chi connectivity index (χ2v) is 9.57. The molecule has 0 spiro atoms. The van der Waals surface area contributed by atoms with Gasteiger partial charge in [-0.25, -0.2) is 9.50 Å². The predicted octanol–water partition coefficient (Wildman–Crippen LogP) is 4.50. The van der Waals surface area contributed by atoms with Gasteiger partial charge in [-0.05, 0) is 42.6 Å². The van der Waals surface area contributed by atoms with Gasteiger partial charge in [0.1, 0.15) is 10.7 Å². The van der Waals surface area contributed by atoms with E-state index in [-0.39, 0.29) is 16.5 Å². The van der Waals surface area contributed by atoms with Crippen LogP contribution in [0.15, 0.2) is 95.2 Å². The van der Waals surface area contributed by atoms with E-state index in [4.69, 9.17) is 22.3 Å². The van der Waals surface area contributed by atoms with E-state index in [0.717, 1.165) is 10.9 Å². The number of rotatable bonds is 4. The van der Waals surface area contributed by atoms with Crippen molar-refractivity contribution in [2.45, 2.75) is 13.0 Å². The number of benzene rings is 2. The number of nitrogen functional groups attached to an aromatic ring is 1. The van der Waals surface area contributed by atoms with Crippen molar-refractivity contribution >= 4 is 39.0 Å². The Morgan fingerprint density at radius 2 is 1.93 bits per heavy atom. The van der Waals surface area contributed by atoms with Gasteiger partial charge in [0.15, 0.2) is 11.5 Å². The van der Waals surface area contributed by atoms with Crippen LogP contribution in [0.3, 0.4) is 0 Å². The Labute approximate surface area is 234 Å². The Hall–Kier alpha value is -5.20. The highest BCUT2D eigenvalue weighted by Gasteiger charge is 2.21. The summed E-state index contributed by atoms with van der Waals surface area (Å²) in [4.78, 5) is 23.3. The Kier molecular flexibility index (Phi) is 6.38. The first-order valence-corrected chi connectivity index (χ1v) is 12.9. The number of hydrogen-bond donors (Lipinski definition) is 1. The van der Waals surface area contributed by atoms with Crippen LogP contribution in [-0.4, -0.2) is 34.1 Å². The molecule has 0 aliphatic carbocycles. The number of pyridine rings is 1.